The van der Waals surface area contributed by atoms with Gasteiger partial charge in [0.05, 0.1) is 17.8 Å². The maximum Gasteiger partial charge on any atom is 0.311 e. The lowest BCUT2D eigenvalue weighted by Crippen LogP contribution is -2.28. The number of sulfonamides is 1. The Morgan fingerprint density at radius 1 is 1.21 bits per heavy atom. The molecule has 0 bridgehead atoms. The first-order valence-corrected chi connectivity index (χ1v) is 8.53. The summed E-state index contributed by atoms with van der Waals surface area (Å²) >= 11 is 0. The van der Waals surface area contributed by atoms with Crippen LogP contribution in [-0.4, -0.2) is 32.8 Å². The van der Waals surface area contributed by atoms with Crippen molar-refractivity contribution in [2.45, 2.75) is 58.9 Å². The molecule has 0 aromatic carbocycles. The van der Waals surface area contributed by atoms with Crippen LogP contribution >= 0.6 is 0 Å². The Morgan fingerprint density at radius 2 is 1.84 bits per heavy atom. The number of nitrogens with one attached hydrogen (secondary N) is 1. The molecule has 0 heterocycles. The Balaban J connectivity index is 2.03. The van der Waals surface area contributed by atoms with Crippen molar-refractivity contribution in [3.63, 3.8) is 0 Å². The van der Waals surface area contributed by atoms with Gasteiger partial charge >= 0.3 is 5.97 Å². The highest BCUT2D eigenvalue weighted by molar-refractivity contribution is 7.89. The molecule has 6 heteroatoms. The minimum Gasteiger partial charge on any atom is -0.465 e. The van der Waals surface area contributed by atoms with E-state index in [0.717, 1.165) is 19.3 Å². The summed E-state index contributed by atoms with van der Waals surface area (Å²) in [5.41, 5.74) is -0.475. The number of esters is 1. The quantitative estimate of drug-likeness (QED) is 0.547. The highest BCUT2D eigenvalue weighted by Gasteiger charge is 2.26. The summed E-state index contributed by atoms with van der Waals surface area (Å²) in [6.45, 7) is 5.80. The molecule has 19 heavy (non-hydrogen) atoms. The smallest absolute Gasteiger partial charge is 0.311 e. The Morgan fingerprint density at radius 3 is 2.37 bits per heavy atom. The van der Waals surface area contributed by atoms with Gasteiger partial charge in [-0.15, -0.1) is 0 Å². The van der Waals surface area contributed by atoms with E-state index in [1.54, 1.807) is 0 Å². The van der Waals surface area contributed by atoms with Crippen molar-refractivity contribution in [1.82, 2.24) is 4.72 Å². The van der Waals surface area contributed by atoms with E-state index in [9.17, 15) is 13.2 Å². The Hall–Kier alpha value is -0.620. The number of hydrogen-bond acceptors (Lipinski definition) is 4. The van der Waals surface area contributed by atoms with E-state index in [-0.39, 0.29) is 17.8 Å². The van der Waals surface area contributed by atoms with Gasteiger partial charge < -0.3 is 4.74 Å². The van der Waals surface area contributed by atoms with Gasteiger partial charge in [0.1, 0.15) is 0 Å². The highest BCUT2D eigenvalue weighted by atomic mass is 32.2. The maximum atomic E-state index is 11.6. The van der Waals surface area contributed by atoms with Crippen LogP contribution in [0.15, 0.2) is 0 Å². The Labute approximate surface area is 116 Å². The second-order valence-corrected chi connectivity index (χ2v) is 8.03. The van der Waals surface area contributed by atoms with E-state index in [1.807, 2.05) is 20.8 Å². The van der Waals surface area contributed by atoms with Crippen LogP contribution in [0, 0.1) is 5.41 Å². The SMILES string of the molecule is CC(C)(C)C(=O)OCCCCCS(=O)(=O)NC1CC1. The molecule has 0 spiro atoms. The van der Waals surface area contributed by atoms with Crippen LogP contribution in [0.25, 0.3) is 0 Å². The third-order valence-corrected chi connectivity index (χ3v) is 4.35. The lowest BCUT2D eigenvalue weighted by Gasteiger charge is -2.16. The van der Waals surface area contributed by atoms with Gasteiger partial charge in [0, 0.05) is 6.04 Å². The molecule has 1 aliphatic carbocycles. The van der Waals surface area contributed by atoms with Crippen molar-refractivity contribution in [2.24, 2.45) is 5.41 Å². The zero-order valence-corrected chi connectivity index (χ0v) is 12.9. The van der Waals surface area contributed by atoms with Crippen LogP contribution in [0.4, 0.5) is 0 Å². The van der Waals surface area contributed by atoms with Crippen molar-refractivity contribution in [3.8, 4) is 0 Å². The normalized spacial score (nSPS) is 16.4. The zero-order chi connectivity index (χ0) is 14.5. The van der Waals surface area contributed by atoms with E-state index in [4.69, 9.17) is 4.74 Å². The average Bonchev–Trinajstić information content (AvgIpc) is 3.04. The molecule has 0 aromatic rings. The van der Waals surface area contributed by atoms with Crippen molar-refractivity contribution in [3.05, 3.63) is 0 Å². The molecule has 5 nitrogen and oxygen atoms in total. The third-order valence-electron chi connectivity index (χ3n) is 2.83. The van der Waals surface area contributed by atoms with E-state index >= 15 is 0 Å². The molecule has 0 unspecified atom stereocenters. The first kappa shape index (κ1) is 16.4. The summed E-state index contributed by atoms with van der Waals surface area (Å²) in [5.74, 6) is -0.0491. The van der Waals surface area contributed by atoms with Crippen molar-refractivity contribution in [1.29, 1.82) is 0 Å². The molecule has 1 rings (SSSR count). The summed E-state index contributed by atoms with van der Waals surface area (Å²) in [7, 11) is -3.10. The van der Waals surface area contributed by atoms with Crippen LogP contribution in [0.2, 0.25) is 0 Å². The van der Waals surface area contributed by atoms with Crippen LogP contribution in [0.1, 0.15) is 52.9 Å². The summed E-state index contributed by atoms with van der Waals surface area (Å²) in [6, 6.07) is 0.178. The lowest BCUT2D eigenvalue weighted by atomic mass is 9.97. The maximum absolute atomic E-state index is 11.6. The van der Waals surface area contributed by atoms with Crippen molar-refractivity contribution >= 4 is 16.0 Å². The molecule has 0 aromatic heterocycles. The van der Waals surface area contributed by atoms with E-state index < -0.39 is 15.4 Å². The molecular formula is C13H25NO4S. The molecule has 1 aliphatic rings. The fraction of sp³-hybridized carbons (Fsp3) is 0.923. The number of carbonyl (C=O) groups excluding carboxylic acids is 1. The number of rotatable bonds is 8. The van der Waals surface area contributed by atoms with Gasteiger partial charge in [0.25, 0.3) is 0 Å². The van der Waals surface area contributed by atoms with Gasteiger partial charge in [-0.25, -0.2) is 13.1 Å². The van der Waals surface area contributed by atoms with Gasteiger partial charge in [0.15, 0.2) is 0 Å². The van der Waals surface area contributed by atoms with Gasteiger partial charge in [-0.3, -0.25) is 4.79 Å². The second kappa shape index (κ2) is 6.70. The number of hydrogen-bond donors (Lipinski definition) is 1. The molecule has 112 valence electrons. The Kier molecular flexibility index (Phi) is 5.80. The monoisotopic (exact) mass is 291 g/mol. The molecule has 1 saturated carbocycles. The van der Waals surface area contributed by atoms with Gasteiger partial charge in [0.2, 0.25) is 10.0 Å². The molecule has 0 amide bonds. The largest absolute Gasteiger partial charge is 0.465 e. The summed E-state index contributed by atoms with van der Waals surface area (Å²) < 4.78 is 30.9. The van der Waals surface area contributed by atoms with Crippen molar-refractivity contribution in [2.75, 3.05) is 12.4 Å². The number of unbranched alkanes of at least 4 members (excludes halogenated alkanes) is 2. The fourth-order valence-electron chi connectivity index (χ4n) is 1.47. The Bertz CT molecular complexity index is 393. The third kappa shape index (κ3) is 7.52. The fourth-order valence-corrected chi connectivity index (χ4v) is 2.91. The minimum atomic E-state index is -3.10. The van der Waals surface area contributed by atoms with Crippen LogP contribution < -0.4 is 4.72 Å². The standard InChI is InChI=1S/C13H25NO4S/c1-13(2,3)12(15)18-9-5-4-6-10-19(16,17)14-11-7-8-11/h11,14H,4-10H2,1-3H3. The van der Waals surface area contributed by atoms with Gasteiger partial charge in [-0.2, -0.15) is 0 Å². The van der Waals surface area contributed by atoms with E-state index in [2.05, 4.69) is 4.72 Å². The van der Waals surface area contributed by atoms with Gasteiger partial charge in [-0.1, -0.05) is 0 Å². The first-order valence-electron chi connectivity index (χ1n) is 6.88. The zero-order valence-electron chi connectivity index (χ0n) is 12.1. The highest BCUT2D eigenvalue weighted by Crippen LogP contribution is 2.20. The lowest BCUT2D eigenvalue weighted by molar-refractivity contribution is -0.153. The first-order chi connectivity index (χ1) is 8.71. The summed E-state index contributed by atoms with van der Waals surface area (Å²) in [6.07, 6.45) is 3.99. The average molecular weight is 291 g/mol. The molecular weight excluding hydrogens is 266 g/mol. The van der Waals surface area contributed by atoms with Gasteiger partial charge in [-0.05, 0) is 52.9 Å². The predicted octanol–water partition coefficient (Wildman–Crippen LogP) is 1.83. The van der Waals surface area contributed by atoms with E-state index in [0.29, 0.717) is 19.4 Å². The van der Waals surface area contributed by atoms with Crippen LogP contribution in [-0.2, 0) is 19.6 Å². The number of carbonyl (C=O) groups is 1. The van der Waals surface area contributed by atoms with Crippen LogP contribution in [0.5, 0.6) is 0 Å². The van der Waals surface area contributed by atoms with E-state index in [1.165, 1.54) is 0 Å². The van der Waals surface area contributed by atoms with Crippen LogP contribution in [0.3, 0.4) is 0 Å². The molecule has 0 radical (unpaired) electrons. The molecule has 0 aliphatic heterocycles. The van der Waals surface area contributed by atoms with Crippen molar-refractivity contribution < 1.29 is 17.9 Å². The summed E-state index contributed by atoms with van der Waals surface area (Å²) in [4.78, 5) is 11.5. The molecule has 1 fully saturated rings. The minimum absolute atomic E-state index is 0.163. The number of ether oxygens (including phenoxy) is 1. The topological polar surface area (TPSA) is 72.5 Å². The molecule has 0 saturated heterocycles. The predicted molar refractivity (Wildman–Crippen MR) is 74.2 cm³/mol. The summed E-state index contributed by atoms with van der Waals surface area (Å²) in [5, 5.41) is 0. The molecule has 1 N–H and O–H groups in total. The molecule has 0 atom stereocenters. The second-order valence-electron chi connectivity index (χ2n) is 6.16.